The highest BCUT2D eigenvalue weighted by molar-refractivity contribution is 7.88. The third-order valence-corrected chi connectivity index (χ3v) is 5.02. The quantitative estimate of drug-likeness (QED) is 0.224. The van der Waals surface area contributed by atoms with E-state index in [9.17, 15) is 4.21 Å². The van der Waals surface area contributed by atoms with Gasteiger partial charge in [-0.15, -0.1) is 6.58 Å². The van der Waals surface area contributed by atoms with Crippen LogP contribution in [-0.2, 0) is 10.8 Å². The Kier molecular flexibility index (Phi) is 8.95. The van der Waals surface area contributed by atoms with Crippen molar-refractivity contribution in [3.8, 4) is 0 Å². The predicted octanol–water partition coefficient (Wildman–Crippen LogP) is 4.03. The molecule has 0 bridgehead atoms. The van der Waals surface area contributed by atoms with E-state index in [0.29, 0.717) is 22.8 Å². The van der Waals surface area contributed by atoms with Crippen molar-refractivity contribution < 1.29 is 4.21 Å². The molecule has 0 aliphatic carbocycles. The molecule has 2 aromatic rings. The first-order chi connectivity index (χ1) is 13.3. The second kappa shape index (κ2) is 10.9. The van der Waals surface area contributed by atoms with Crippen LogP contribution in [0.15, 0.2) is 66.3 Å². The summed E-state index contributed by atoms with van der Waals surface area (Å²) < 4.78 is 11.4. The molecule has 2 unspecified atom stereocenters. The second-order valence-electron chi connectivity index (χ2n) is 6.02. The zero-order valence-electron chi connectivity index (χ0n) is 15.8. The van der Waals surface area contributed by atoms with Gasteiger partial charge in [-0.1, -0.05) is 31.7 Å². The SMILES string of the molecule is C.C=CC(/C=C/C=C(\C)S(C)=O)C(=N)c1cc(Nc2ccnc(N)n2)ccc1N. The third kappa shape index (κ3) is 6.69. The summed E-state index contributed by atoms with van der Waals surface area (Å²) in [4.78, 5) is 8.71. The molecule has 1 aromatic carbocycles. The molecule has 7 nitrogen and oxygen atoms in total. The molecular formula is C21H28N6OS. The average Bonchev–Trinajstić information content (AvgIpc) is 2.66. The lowest BCUT2D eigenvalue weighted by Gasteiger charge is -2.14. The normalized spacial score (nSPS) is 13.4. The fourth-order valence-electron chi connectivity index (χ4n) is 2.34. The molecule has 1 aromatic heterocycles. The van der Waals surface area contributed by atoms with Gasteiger partial charge in [-0.05, 0) is 31.2 Å². The Morgan fingerprint density at radius 3 is 2.69 bits per heavy atom. The highest BCUT2D eigenvalue weighted by atomic mass is 32.2. The van der Waals surface area contributed by atoms with E-state index in [0.717, 1.165) is 10.6 Å². The van der Waals surface area contributed by atoms with E-state index in [1.165, 1.54) is 0 Å². The van der Waals surface area contributed by atoms with E-state index in [1.54, 1.807) is 61.9 Å². The van der Waals surface area contributed by atoms with Gasteiger partial charge < -0.3 is 22.2 Å². The minimum Gasteiger partial charge on any atom is -0.398 e. The number of aromatic nitrogens is 2. The Morgan fingerprint density at radius 2 is 2.07 bits per heavy atom. The largest absolute Gasteiger partial charge is 0.398 e. The van der Waals surface area contributed by atoms with Gasteiger partial charge in [0.15, 0.2) is 0 Å². The van der Waals surface area contributed by atoms with Crippen molar-refractivity contribution in [1.29, 1.82) is 5.41 Å². The highest BCUT2D eigenvalue weighted by Crippen LogP contribution is 2.24. The number of nitrogen functional groups attached to an aromatic ring is 2. The van der Waals surface area contributed by atoms with Crippen molar-refractivity contribution in [2.24, 2.45) is 5.92 Å². The van der Waals surface area contributed by atoms with Crippen molar-refractivity contribution >= 4 is 39.7 Å². The van der Waals surface area contributed by atoms with Crippen LogP contribution >= 0.6 is 0 Å². The summed E-state index contributed by atoms with van der Waals surface area (Å²) in [6, 6.07) is 7.00. The van der Waals surface area contributed by atoms with Crippen LogP contribution in [0.1, 0.15) is 19.9 Å². The summed E-state index contributed by atoms with van der Waals surface area (Å²) in [5.74, 6) is 0.367. The maximum absolute atomic E-state index is 11.4. The van der Waals surface area contributed by atoms with Crippen LogP contribution < -0.4 is 16.8 Å². The molecule has 154 valence electrons. The fraction of sp³-hybridized carbons (Fsp3) is 0.190. The highest BCUT2D eigenvalue weighted by Gasteiger charge is 2.14. The number of rotatable bonds is 8. The van der Waals surface area contributed by atoms with Crippen molar-refractivity contribution in [1.82, 2.24) is 9.97 Å². The second-order valence-corrected chi connectivity index (χ2v) is 7.57. The Labute approximate surface area is 174 Å². The average molecular weight is 413 g/mol. The van der Waals surface area contributed by atoms with Gasteiger partial charge in [0.1, 0.15) is 5.82 Å². The minimum atomic E-state index is -1.02. The summed E-state index contributed by atoms with van der Waals surface area (Å²) in [6.45, 7) is 5.60. The number of nitrogens with zero attached hydrogens (tertiary/aromatic N) is 2. The van der Waals surface area contributed by atoms with E-state index in [1.807, 2.05) is 6.08 Å². The molecule has 0 amide bonds. The zero-order chi connectivity index (χ0) is 20.7. The van der Waals surface area contributed by atoms with Crippen LogP contribution in [0, 0.1) is 11.3 Å². The standard InChI is InChI=1S/C20H24N6OS.CH4/c1-4-14(7-5-6-13(2)28(3)27)19(22)16-12-15(8-9-17(16)21)25-18-10-11-24-20(23)26-18;/h4-12,14,22H,1,21H2,2-3H3,(H3,23,24,25,26);1H4/b7-5+,13-6+,22-19?;. The van der Waals surface area contributed by atoms with E-state index < -0.39 is 10.8 Å². The van der Waals surface area contributed by atoms with E-state index in [2.05, 4.69) is 21.9 Å². The van der Waals surface area contributed by atoms with E-state index in [4.69, 9.17) is 16.9 Å². The number of anilines is 4. The van der Waals surface area contributed by atoms with Crippen molar-refractivity contribution in [2.75, 3.05) is 23.0 Å². The maximum Gasteiger partial charge on any atom is 0.221 e. The van der Waals surface area contributed by atoms with E-state index in [-0.39, 0.29) is 19.3 Å². The molecule has 0 fully saturated rings. The van der Waals surface area contributed by atoms with Gasteiger partial charge in [-0.25, -0.2) is 4.98 Å². The molecule has 1 heterocycles. The van der Waals surface area contributed by atoms with E-state index >= 15 is 0 Å². The number of benzene rings is 1. The summed E-state index contributed by atoms with van der Waals surface area (Å²) in [5.41, 5.74) is 13.8. The van der Waals surface area contributed by atoms with Crippen LogP contribution in [0.2, 0.25) is 0 Å². The van der Waals surface area contributed by atoms with Gasteiger partial charge >= 0.3 is 0 Å². The Bertz CT molecular complexity index is 967. The molecular weight excluding hydrogens is 384 g/mol. The van der Waals surface area contributed by atoms with Crippen LogP contribution in [-0.4, -0.2) is 26.1 Å². The summed E-state index contributed by atoms with van der Waals surface area (Å²) >= 11 is 0. The number of hydrogen-bond acceptors (Lipinski definition) is 7. The Balaban J connectivity index is 0.00000420. The predicted molar refractivity (Wildman–Crippen MR) is 125 cm³/mol. The zero-order valence-corrected chi connectivity index (χ0v) is 16.7. The van der Waals surface area contributed by atoms with Gasteiger partial charge in [0, 0.05) is 51.0 Å². The monoisotopic (exact) mass is 412 g/mol. The molecule has 6 N–H and O–H groups in total. The number of hydrogen-bond donors (Lipinski definition) is 4. The molecule has 0 radical (unpaired) electrons. The van der Waals surface area contributed by atoms with Crippen molar-refractivity contribution in [3.63, 3.8) is 0 Å². The summed E-state index contributed by atoms with van der Waals surface area (Å²) in [6.07, 6.45) is 10.2. The van der Waals surface area contributed by atoms with Gasteiger partial charge in [-0.3, -0.25) is 4.21 Å². The molecule has 29 heavy (non-hydrogen) atoms. The number of nitrogens with two attached hydrogens (primary N) is 2. The van der Waals surface area contributed by atoms with Gasteiger partial charge in [-0.2, -0.15) is 4.98 Å². The lowest BCUT2D eigenvalue weighted by atomic mass is 9.94. The molecule has 0 spiro atoms. The maximum atomic E-state index is 11.4. The van der Waals surface area contributed by atoms with Crippen LogP contribution in [0.25, 0.3) is 0 Å². The molecule has 0 aliphatic heterocycles. The summed E-state index contributed by atoms with van der Waals surface area (Å²) in [7, 11) is -1.02. The molecule has 8 heteroatoms. The Morgan fingerprint density at radius 1 is 1.34 bits per heavy atom. The van der Waals surface area contributed by atoms with Crippen LogP contribution in [0.3, 0.4) is 0 Å². The summed E-state index contributed by atoms with van der Waals surface area (Å²) in [5, 5.41) is 11.7. The molecule has 2 rings (SSSR count). The third-order valence-electron chi connectivity index (χ3n) is 3.98. The first-order valence-electron chi connectivity index (χ1n) is 8.46. The lowest BCUT2D eigenvalue weighted by molar-refractivity contribution is 0.690. The molecule has 0 saturated carbocycles. The van der Waals surface area contributed by atoms with Gasteiger partial charge in [0.2, 0.25) is 5.95 Å². The number of allylic oxidation sites excluding steroid dienone is 5. The number of nitrogens with one attached hydrogen (secondary N) is 2. The van der Waals surface area contributed by atoms with Crippen molar-refractivity contribution in [3.05, 3.63) is 71.8 Å². The molecule has 0 aliphatic rings. The van der Waals surface area contributed by atoms with Gasteiger partial charge in [0.05, 0.1) is 5.71 Å². The van der Waals surface area contributed by atoms with Crippen LogP contribution in [0.5, 0.6) is 0 Å². The minimum absolute atomic E-state index is 0. The lowest BCUT2D eigenvalue weighted by Crippen LogP contribution is -2.13. The fourth-order valence-corrected chi connectivity index (χ4v) is 2.61. The molecule has 0 saturated heterocycles. The van der Waals surface area contributed by atoms with Crippen LogP contribution in [0.4, 0.5) is 23.1 Å². The van der Waals surface area contributed by atoms with Crippen molar-refractivity contribution in [2.45, 2.75) is 14.4 Å². The van der Waals surface area contributed by atoms with Gasteiger partial charge in [0.25, 0.3) is 0 Å². The molecule has 2 atom stereocenters. The first kappa shape index (κ1) is 23.8. The first-order valence-corrected chi connectivity index (χ1v) is 10.0. The Hall–Kier alpha value is -3.26. The topological polar surface area (TPSA) is 131 Å². The smallest absolute Gasteiger partial charge is 0.221 e.